The van der Waals surface area contributed by atoms with Crippen LogP contribution in [0.15, 0.2) is 36.4 Å². The molecular weight excluding hydrogens is 234 g/mol. The largest absolute Gasteiger partial charge is 0.296 e. The van der Waals surface area contributed by atoms with E-state index in [0.717, 1.165) is 43.7 Å². The highest BCUT2D eigenvalue weighted by Crippen LogP contribution is 2.18. The summed E-state index contributed by atoms with van der Waals surface area (Å²) in [6, 6.07) is 14.8. The molecule has 3 heteroatoms. The highest BCUT2D eigenvalue weighted by Gasteiger charge is 2.19. The second kappa shape index (κ2) is 5.38. The molecule has 2 heterocycles. The summed E-state index contributed by atoms with van der Waals surface area (Å²) in [5.74, 6) is 0.189. The fraction of sp³-hybridized carbons (Fsp3) is 0.375. The van der Waals surface area contributed by atoms with Crippen molar-refractivity contribution >= 4 is 10.9 Å². The quantitative estimate of drug-likeness (QED) is 0.823. The van der Waals surface area contributed by atoms with E-state index in [1.54, 1.807) is 0 Å². The molecule has 1 atom stereocenters. The lowest BCUT2D eigenvalue weighted by atomic mass is 9.99. The van der Waals surface area contributed by atoms with Crippen molar-refractivity contribution in [2.24, 2.45) is 5.92 Å². The zero-order valence-corrected chi connectivity index (χ0v) is 10.9. The number of rotatable bonds is 2. The third kappa shape index (κ3) is 2.74. The second-order valence-corrected chi connectivity index (χ2v) is 5.20. The lowest BCUT2D eigenvalue weighted by molar-refractivity contribution is 0.190. The zero-order valence-electron chi connectivity index (χ0n) is 10.9. The van der Waals surface area contributed by atoms with E-state index >= 15 is 0 Å². The maximum Gasteiger partial charge on any atom is 0.0705 e. The van der Waals surface area contributed by atoms with Crippen LogP contribution in [0.2, 0.25) is 0 Å². The Labute approximate surface area is 113 Å². The molecule has 1 aromatic heterocycles. The monoisotopic (exact) mass is 251 g/mol. The molecule has 0 spiro atoms. The molecule has 1 aliphatic heterocycles. The summed E-state index contributed by atoms with van der Waals surface area (Å²) in [6.45, 7) is 2.81. The molecule has 1 fully saturated rings. The topological polar surface area (TPSA) is 39.9 Å². The van der Waals surface area contributed by atoms with Gasteiger partial charge in [-0.2, -0.15) is 5.26 Å². The standard InChI is InChI=1S/C16H17N3/c17-10-13-4-3-9-19(11-13)12-15-8-7-14-5-1-2-6-16(14)18-15/h1-2,5-8,13H,3-4,9,11-12H2. The Bertz CT molecular complexity index is 615. The Morgan fingerprint density at radius 1 is 1.26 bits per heavy atom. The van der Waals surface area contributed by atoms with Gasteiger partial charge in [0.2, 0.25) is 0 Å². The van der Waals surface area contributed by atoms with Gasteiger partial charge in [-0.05, 0) is 31.5 Å². The molecule has 19 heavy (non-hydrogen) atoms. The predicted octanol–water partition coefficient (Wildman–Crippen LogP) is 2.97. The van der Waals surface area contributed by atoms with Gasteiger partial charge >= 0.3 is 0 Å². The number of benzene rings is 1. The van der Waals surface area contributed by atoms with E-state index in [1.165, 1.54) is 5.39 Å². The van der Waals surface area contributed by atoms with Crippen LogP contribution < -0.4 is 0 Å². The van der Waals surface area contributed by atoms with Crippen molar-refractivity contribution in [3.8, 4) is 6.07 Å². The van der Waals surface area contributed by atoms with Crippen LogP contribution in [-0.4, -0.2) is 23.0 Å². The van der Waals surface area contributed by atoms with Crippen molar-refractivity contribution in [1.82, 2.24) is 9.88 Å². The number of aromatic nitrogens is 1. The molecule has 0 amide bonds. The number of pyridine rings is 1. The van der Waals surface area contributed by atoms with Crippen molar-refractivity contribution in [3.05, 3.63) is 42.1 Å². The third-order valence-corrected chi connectivity index (χ3v) is 3.73. The van der Waals surface area contributed by atoms with Gasteiger partial charge in [0, 0.05) is 18.5 Å². The van der Waals surface area contributed by atoms with Crippen molar-refractivity contribution in [1.29, 1.82) is 5.26 Å². The van der Waals surface area contributed by atoms with Crippen molar-refractivity contribution in [3.63, 3.8) is 0 Å². The first-order valence-electron chi connectivity index (χ1n) is 6.82. The molecule has 1 unspecified atom stereocenters. The van der Waals surface area contributed by atoms with E-state index in [0.29, 0.717) is 0 Å². The second-order valence-electron chi connectivity index (χ2n) is 5.20. The van der Waals surface area contributed by atoms with Gasteiger partial charge in [0.1, 0.15) is 0 Å². The molecule has 0 saturated carbocycles. The van der Waals surface area contributed by atoms with E-state index in [2.05, 4.69) is 29.2 Å². The van der Waals surface area contributed by atoms with Crippen LogP contribution in [0, 0.1) is 17.2 Å². The van der Waals surface area contributed by atoms with Crippen molar-refractivity contribution in [2.75, 3.05) is 13.1 Å². The average molecular weight is 251 g/mol. The lowest BCUT2D eigenvalue weighted by Crippen LogP contribution is -2.34. The Hall–Kier alpha value is -1.92. The van der Waals surface area contributed by atoms with Gasteiger partial charge in [-0.3, -0.25) is 9.88 Å². The summed E-state index contributed by atoms with van der Waals surface area (Å²) < 4.78 is 0. The highest BCUT2D eigenvalue weighted by molar-refractivity contribution is 5.78. The fourth-order valence-electron chi connectivity index (χ4n) is 2.73. The number of nitriles is 1. The Kier molecular flexibility index (Phi) is 3.43. The van der Waals surface area contributed by atoms with E-state index < -0.39 is 0 Å². The van der Waals surface area contributed by atoms with E-state index in [9.17, 15) is 0 Å². The Morgan fingerprint density at radius 2 is 2.16 bits per heavy atom. The molecule has 3 nitrogen and oxygen atoms in total. The number of hydrogen-bond acceptors (Lipinski definition) is 3. The first-order chi connectivity index (χ1) is 9.35. The van der Waals surface area contributed by atoms with Crippen molar-refractivity contribution < 1.29 is 0 Å². The molecule has 1 aromatic carbocycles. The van der Waals surface area contributed by atoms with Crippen LogP contribution in [0.25, 0.3) is 10.9 Å². The fourth-order valence-corrected chi connectivity index (χ4v) is 2.73. The molecule has 2 aromatic rings. The molecule has 0 bridgehead atoms. The number of likely N-dealkylation sites (tertiary alicyclic amines) is 1. The number of para-hydroxylation sites is 1. The van der Waals surface area contributed by atoms with Crippen LogP contribution in [-0.2, 0) is 6.54 Å². The first kappa shape index (κ1) is 12.1. The average Bonchev–Trinajstić information content (AvgIpc) is 2.47. The summed E-state index contributed by atoms with van der Waals surface area (Å²) in [5.41, 5.74) is 2.14. The number of fused-ring (bicyclic) bond motifs is 1. The van der Waals surface area contributed by atoms with Crippen LogP contribution in [0.1, 0.15) is 18.5 Å². The minimum atomic E-state index is 0.189. The Morgan fingerprint density at radius 3 is 3.05 bits per heavy atom. The lowest BCUT2D eigenvalue weighted by Gasteiger charge is -2.29. The van der Waals surface area contributed by atoms with E-state index in [-0.39, 0.29) is 5.92 Å². The van der Waals surface area contributed by atoms with Crippen LogP contribution in [0.5, 0.6) is 0 Å². The van der Waals surface area contributed by atoms with Gasteiger partial charge in [-0.25, -0.2) is 0 Å². The van der Waals surface area contributed by atoms with Gasteiger partial charge in [0.15, 0.2) is 0 Å². The normalized spacial score (nSPS) is 20.3. The summed E-state index contributed by atoms with van der Waals surface area (Å²) in [6.07, 6.45) is 2.16. The minimum Gasteiger partial charge on any atom is -0.296 e. The molecule has 96 valence electrons. The first-order valence-corrected chi connectivity index (χ1v) is 6.82. The zero-order chi connectivity index (χ0) is 13.1. The Balaban J connectivity index is 1.76. The third-order valence-electron chi connectivity index (χ3n) is 3.73. The summed E-state index contributed by atoms with van der Waals surface area (Å²) in [5, 5.41) is 10.2. The minimum absolute atomic E-state index is 0.189. The molecule has 0 radical (unpaired) electrons. The molecule has 1 aliphatic rings. The number of hydrogen-bond donors (Lipinski definition) is 0. The van der Waals surface area contributed by atoms with Crippen molar-refractivity contribution in [2.45, 2.75) is 19.4 Å². The highest BCUT2D eigenvalue weighted by atomic mass is 15.1. The van der Waals surface area contributed by atoms with E-state index in [1.807, 2.05) is 18.2 Å². The van der Waals surface area contributed by atoms with Crippen LogP contribution >= 0.6 is 0 Å². The molecule has 1 saturated heterocycles. The predicted molar refractivity (Wildman–Crippen MR) is 75.4 cm³/mol. The SMILES string of the molecule is N#CC1CCCN(Cc2ccc3ccccc3n2)C1. The molecule has 3 rings (SSSR count). The van der Waals surface area contributed by atoms with Gasteiger partial charge in [0.05, 0.1) is 23.2 Å². The summed E-state index contributed by atoms with van der Waals surface area (Å²) in [4.78, 5) is 7.04. The molecule has 0 aliphatic carbocycles. The van der Waals surface area contributed by atoms with Gasteiger partial charge in [-0.15, -0.1) is 0 Å². The number of piperidine rings is 1. The summed E-state index contributed by atoms with van der Waals surface area (Å²) in [7, 11) is 0. The van der Waals surface area contributed by atoms with Crippen LogP contribution in [0.4, 0.5) is 0 Å². The van der Waals surface area contributed by atoms with Gasteiger partial charge in [0.25, 0.3) is 0 Å². The molecule has 0 N–H and O–H groups in total. The summed E-state index contributed by atoms with van der Waals surface area (Å²) >= 11 is 0. The number of nitrogens with zero attached hydrogens (tertiary/aromatic N) is 3. The molecular formula is C16H17N3. The smallest absolute Gasteiger partial charge is 0.0705 e. The maximum atomic E-state index is 9.02. The van der Waals surface area contributed by atoms with Gasteiger partial charge < -0.3 is 0 Å². The van der Waals surface area contributed by atoms with Crippen LogP contribution in [0.3, 0.4) is 0 Å². The maximum absolute atomic E-state index is 9.02. The van der Waals surface area contributed by atoms with E-state index in [4.69, 9.17) is 10.2 Å². The van der Waals surface area contributed by atoms with Gasteiger partial charge in [-0.1, -0.05) is 24.3 Å².